The summed E-state index contributed by atoms with van der Waals surface area (Å²) in [5.74, 6) is 0.423. The largest absolute Gasteiger partial charge is 0.411 e. The monoisotopic (exact) mass is 391 g/mol. The van der Waals surface area contributed by atoms with Crippen LogP contribution < -0.4 is 5.32 Å². The van der Waals surface area contributed by atoms with Gasteiger partial charge >= 0.3 is 0 Å². The zero-order chi connectivity index (χ0) is 17.6. The van der Waals surface area contributed by atoms with Crippen molar-refractivity contribution in [1.82, 2.24) is 10.2 Å². The predicted octanol–water partition coefficient (Wildman–Crippen LogP) is 4.84. The van der Waals surface area contributed by atoms with E-state index in [2.05, 4.69) is 15.5 Å². The minimum absolute atomic E-state index is 0.131. The van der Waals surface area contributed by atoms with Crippen molar-refractivity contribution < 1.29 is 9.21 Å². The Balaban J connectivity index is 1.59. The second-order valence-electron chi connectivity index (χ2n) is 4.92. The number of anilines is 1. The van der Waals surface area contributed by atoms with Gasteiger partial charge in [-0.2, -0.15) is 0 Å². The van der Waals surface area contributed by atoms with E-state index in [1.165, 1.54) is 11.8 Å². The third kappa shape index (κ3) is 4.78. The smallest absolute Gasteiger partial charge is 0.277 e. The van der Waals surface area contributed by atoms with Crippen molar-refractivity contribution in [3.63, 3.8) is 0 Å². The molecule has 0 atom stereocenters. The second-order valence-corrected chi connectivity index (χ2v) is 7.13. The summed E-state index contributed by atoms with van der Waals surface area (Å²) in [5.41, 5.74) is 1.54. The number of nitrogens with zero attached hydrogens (tertiary/aromatic N) is 2. The van der Waals surface area contributed by atoms with E-state index < -0.39 is 0 Å². The summed E-state index contributed by atoms with van der Waals surface area (Å²) in [5, 5.41) is 11.8. The first-order valence-corrected chi connectivity index (χ1v) is 9.89. The number of benzene rings is 2. The molecule has 1 aromatic heterocycles. The number of carbonyl (C=O) groups excluding carboxylic acids is 1. The van der Waals surface area contributed by atoms with Crippen LogP contribution in [0, 0.1) is 0 Å². The molecule has 5 nitrogen and oxygen atoms in total. The van der Waals surface area contributed by atoms with Crippen molar-refractivity contribution >= 4 is 46.7 Å². The van der Waals surface area contributed by atoms with Crippen LogP contribution in [-0.2, 0) is 4.79 Å². The van der Waals surface area contributed by atoms with E-state index in [4.69, 9.17) is 16.0 Å². The topological polar surface area (TPSA) is 68.0 Å². The summed E-state index contributed by atoms with van der Waals surface area (Å²) in [6.45, 7) is 0. The Morgan fingerprint density at radius 3 is 2.84 bits per heavy atom. The van der Waals surface area contributed by atoms with Gasteiger partial charge in [0.1, 0.15) is 0 Å². The lowest BCUT2D eigenvalue weighted by Crippen LogP contribution is -2.14. The number of rotatable bonds is 6. The van der Waals surface area contributed by atoms with Gasteiger partial charge in [0.2, 0.25) is 11.8 Å². The fraction of sp³-hybridized carbons (Fsp3) is 0.118. The zero-order valence-corrected chi connectivity index (χ0v) is 15.6. The fourth-order valence-corrected chi connectivity index (χ4v) is 3.37. The fourth-order valence-electron chi connectivity index (χ4n) is 2.07. The maximum atomic E-state index is 12.1. The molecule has 128 valence electrons. The number of thioether (sulfide) groups is 2. The number of hydrogen-bond donors (Lipinski definition) is 1. The second kappa shape index (κ2) is 8.42. The molecule has 0 unspecified atom stereocenters. The summed E-state index contributed by atoms with van der Waals surface area (Å²) in [6, 6.07) is 14.8. The van der Waals surface area contributed by atoms with E-state index in [0.717, 1.165) is 16.1 Å². The average Bonchev–Trinajstić information content (AvgIpc) is 3.09. The van der Waals surface area contributed by atoms with Crippen molar-refractivity contribution in [2.75, 3.05) is 17.3 Å². The average molecular weight is 392 g/mol. The van der Waals surface area contributed by atoms with Crippen LogP contribution >= 0.6 is 35.1 Å². The van der Waals surface area contributed by atoms with Crippen LogP contribution in [0.15, 0.2) is 63.1 Å². The third-order valence-electron chi connectivity index (χ3n) is 3.19. The van der Waals surface area contributed by atoms with Crippen molar-refractivity contribution in [2.45, 2.75) is 10.1 Å². The highest BCUT2D eigenvalue weighted by Crippen LogP contribution is 2.27. The van der Waals surface area contributed by atoms with Gasteiger partial charge in [0, 0.05) is 15.5 Å². The lowest BCUT2D eigenvalue weighted by molar-refractivity contribution is -0.113. The molecule has 2 aromatic carbocycles. The maximum absolute atomic E-state index is 12.1. The van der Waals surface area contributed by atoms with Crippen LogP contribution in [0.3, 0.4) is 0 Å². The number of nitrogens with one attached hydrogen (secondary N) is 1. The van der Waals surface area contributed by atoms with Gasteiger partial charge in [0.15, 0.2) is 0 Å². The molecular weight excluding hydrogens is 378 g/mol. The standard InChI is InChI=1S/C17H14ClN3O2S2/c1-24-14-8-3-2-7-13(14)19-15(22)10-25-17-21-20-16(23-17)11-5-4-6-12(18)9-11/h2-9H,10H2,1H3,(H,19,22). The van der Waals surface area contributed by atoms with Crippen LogP contribution in [0.1, 0.15) is 0 Å². The van der Waals surface area contributed by atoms with Crippen molar-refractivity contribution in [3.05, 3.63) is 53.6 Å². The summed E-state index contributed by atoms with van der Waals surface area (Å²) in [7, 11) is 0. The molecule has 0 bridgehead atoms. The lowest BCUT2D eigenvalue weighted by atomic mass is 10.2. The van der Waals surface area contributed by atoms with Gasteiger partial charge in [0.25, 0.3) is 5.22 Å². The van der Waals surface area contributed by atoms with Gasteiger partial charge in [-0.05, 0) is 36.6 Å². The molecule has 0 fully saturated rings. The number of amides is 1. The number of carbonyl (C=O) groups is 1. The molecule has 25 heavy (non-hydrogen) atoms. The van der Waals surface area contributed by atoms with Crippen LogP contribution in [0.2, 0.25) is 5.02 Å². The molecule has 0 radical (unpaired) electrons. The summed E-state index contributed by atoms with van der Waals surface area (Å²) >= 11 is 8.73. The van der Waals surface area contributed by atoms with Crippen LogP contribution in [0.25, 0.3) is 11.5 Å². The highest BCUT2D eigenvalue weighted by molar-refractivity contribution is 7.99. The zero-order valence-electron chi connectivity index (χ0n) is 13.2. The first kappa shape index (κ1) is 17.8. The summed E-state index contributed by atoms with van der Waals surface area (Å²) in [4.78, 5) is 13.1. The molecule has 0 aliphatic rings. The van der Waals surface area contributed by atoms with Crippen LogP contribution in [0.4, 0.5) is 5.69 Å². The molecule has 0 aliphatic carbocycles. The first-order valence-electron chi connectivity index (χ1n) is 7.31. The molecule has 1 heterocycles. The van der Waals surface area contributed by atoms with Gasteiger partial charge < -0.3 is 9.73 Å². The number of hydrogen-bond acceptors (Lipinski definition) is 6. The van der Waals surface area contributed by atoms with Crippen molar-refractivity contribution in [1.29, 1.82) is 0 Å². The molecule has 0 saturated heterocycles. The normalized spacial score (nSPS) is 10.6. The molecule has 3 rings (SSSR count). The predicted molar refractivity (Wildman–Crippen MR) is 102 cm³/mol. The van der Waals surface area contributed by atoms with Crippen molar-refractivity contribution in [2.24, 2.45) is 0 Å². The first-order chi connectivity index (χ1) is 12.2. The summed E-state index contributed by atoms with van der Waals surface area (Å²) in [6.07, 6.45) is 1.97. The lowest BCUT2D eigenvalue weighted by Gasteiger charge is -2.08. The van der Waals surface area contributed by atoms with E-state index in [1.54, 1.807) is 23.9 Å². The molecule has 0 aliphatic heterocycles. The van der Waals surface area contributed by atoms with E-state index in [0.29, 0.717) is 16.1 Å². The summed E-state index contributed by atoms with van der Waals surface area (Å²) < 4.78 is 5.57. The van der Waals surface area contributed by atoms with Gasteiger partial charge in [-0.15, -0.1) is 22.0 Å². The molecular formula is C17H14ClN3O2S2. The van der Waals surface area contributed by atoms with E-state index in [9.17, 15) is 4.79 Å². The Hall–Kier alpha value is -1.96. The van der Waals surface area contributed by atoms with Crippen LogP contribution in [0.5, 0.6) is 0 Å². The van der Waals surface area contributed by atoms with E-state index in [1.807, 2.05) is 42.7 Å². The van der Waals surface area contributed by atoms with Crippen molar-refractivity contribution in [3.8, 4) is 11.5 Å². The number of halogens is 1. The molecule has 1 amide bonds. The molecule has 3 aromatic rings. The maximum Gasteiger partial charge on any atom is 0.277 e. The Labute approximate surface area is 158 Å². The number of para-hydroxylation sites is 1. The third-order valence-corrected chi connectivity index (χ3v) is 5.04. The van der Waals surface area contributed by atoms with Gasteiger partial charge in [-0.3, -0.25) is 4.79 Å². The molecule has 0 saturated carbocycles. The van der Waals surface area contributed by atoms with E-state index >= 15 is 0 Å². The van der Waals surface area contributed by atoms with Crippen LogP contribution in [-0.4, -0.2) is 28.1 Å². The highest BCUT2D eigenvalue weighted by atomic mass is 35.5. The SMILES string of the molecule is CSc1ccccc1NC(=O)CSc1nnc(-c2cccc(Cl)c2)o1. The van der Waals surface area contributed by atoms with Gasteiger partial charge in [0.05, 0.1) is 11.4 Å². The van der Waals surface area contributed by atoms with Gasteiger partial charge in [-0.25, -0.2) is 0 Å². The Morgan fingerprint density at radius 1 is 1.20 bits per heavy atom. The minimum atomic E-state index is -0.131. The molecule has 8 heteroatoms. The Morgan fingerprint density at radius 2 is 2.04 bits per heavy atom. The Bertz CT molecular complexity index is 886. The number of aromatic nitrogens is 2. The van der Waals surface area contributed by atoms with E-state index in [-0.39, 0.29) is 11.7 Å². The highest BCUT2D eigenvalue weighted by Gasteiger charge is 2.12. The minimum Gasteiger partial charge on any atom is -0.411 e. The quantitative estimate of drug-likeness (QED) is 0.606. The molecule has 0 spiro atoms. The van der Waals surface area contributed by atoms with Gasteiger partial charge in [-0.1, -0.05) is 41.6 Å². The Kier molecular flexibility index (Phi) is 6.01. The molecule has 1 N–H and O–H groups in total.